The lowest BCUT2D eigenvalue weighted by Crippen LogP contribution is -2.52. The van der Waals surface area contributed by atoms with Crippen molar-refractivity contribution in [2.45, 2.75) is 46.2 Å². The molecular weight excluding hydrogens is 322 g/mol. The molecule has 0 radical (unpaired) electrons. The van der Waals surface area contributed by atoms with Gasteiger partial charge < -0.3 is 0 Å². The average Bonchev–Trinajstić information content (AvgIpc) is 3.04. The number of thiophene rings is 1. The summed E-state index contributed by atoms with van der Waals surface area (Å²) < 4.78 is 2.66. The van der Waals surface area contributed by atoms with Gasteiger partial charge in [0.25, 0.3) is 0 Å². The van der Waals surface area contributed by atoms with E-state index in [1.165, 1.54) is 25.0 Å². The van der Waals surface area contributed by atoms with E-state index in [1.807, 2.05) is 22.7 Å². The maximum Gasteiger partial charge on any atom is 0.149 e. The minimum atomic E-state index is -1.70. The van der Waals surface area contributed by atoms with Crippen LogP contribution in [0.3, 0.4) is 0 Å². The van der Waals surface area contributed by atoms with Crippen molar-refractivity contribution in [2.75, 3.05) is 0 Å². The van der Waals surface area contributed by atoms with Gasteiger partial charge in [-0.25, -0.2) is 4.98 Å². The Morgan fingerprint density at radius 2 is 1.82 bits per heavy atom. The third-order valence-corrected chi connectivity index (χ3v) is 11.3. The Hall–Kier alpha value is -0.973. The maximum atomic E-state index is 4.96. The highest BCUT2D eigenvalue weighted by Gasteiger charge is 2.32. The van der Waals surface area contributed by atoms with Crippen LogP contribution in [0.1, 0.15) is 31.2 Å². The number of thiazole rings is 1. The van der Waals surface area contributed by atoms with Gasteiger partial charge in [-0.05, 0) is 46.7 Å². The van der Waals surface area contributed by atoms with Gasteiger partial charge in [-0.3, -0.25) is 0 Å². The first-order valence-corrected chi connectivity index (χ1v) is 12.3. The van der Waals surface area contributed by atoms with Crippen LogP contribution in [-0.4, -0.2) is 13.1 Å². The van der Waals surface area contributed by atoms with E-state index in [9.17, 15) is 0 Å². The molecule has 0 aliphatic rings. The van der Waals surface area contributed by atoms with E-state index in [-0.39, 0.29) is 5.41 Å². The van der Waals surface area contributed by atoms with Crippen molar-refractivity contribution in [1.82, 2.24) is 4.98 Å². The number of nitrogens with zero attached hydrogens (tertiary/aromatic N) is 1. The molecule has 2 heterocycles. The van der Waals surface area contributed by atoms with E-state index in [2.05, 4.69) is 70.4 Å². The zero-order chi connectivity index (χ0) is 16.1. The molecule has 3 aromatic rings. The first kappa shape index (κ1) is 15.9. The summed E-state index contributed by atoms with van der Waals surface area (Å²) in [5, 5.41) is 3.88. The number of aryl methyl sites for hydroxylation is 1. The molecular formula is C18H23NS2Si. The van der Waals surface area contributed by atoms with Crippen LogP contribution in [0.15, 0.2) is 29.6 Å². The molecule has 1 aromatic carbocycles. The van der Waals surface area contributed by atoms with Gasteiger partial charge >= 0.3 is 0 Å². The van der Waals surface area contributed by atoms with Crippen molar-refractivity contribution >= 4 is 50.8 Å². The number of benzene rings is 1. The molecule has 0 saturated heterocycles. The normalized spacial score (nSPS) is 13.0. The van der Waals surface area contributed by atoms with E-state index >= 15 is 0 Å². The van der Waals surface area contributed by atoms with Crippen molar-refractivity contribution in [2.24, 2.45) is 0 Å². The Kier molecular flexibility index (Phi) is 3.82. The molecule has 0 aliphatic carbocycles. The van der Waals surface area contributed by atoms with Gasteiger partial charge in [0.15, 0.2) is 0 Å². The second kappa shape index (κ2) is 5.29. The third-order valence-electron chi connectivity index (χ3n) is 4.14. The molecule has 0 N–H and O–H groups in total. The highest BCUT2D eigenvalue weighted by atomic mass is 32.1. The second-order valence-corrected chi connectivity index (χ2v) is 14.2. The van der Waals surface area contributed by atoms with E-state index in [0.717, 1.165) is 5.52 Å². The summed E-state index contributed by atoms with van der Waals surface area (Å²) in [5.74, 6) is 0. The fourth-order valence-corrected chi connectivity index (χ4v) is 8.48. The van der Waals surface area contributed by atoms with E-state index in [4.69, 9.17) is 4.98 Å². The van der Waals surface area contributed by atoms with Gasteiger partial charge in [-0.1, -0.05) is 39.9 Å². The quantitative estimate of drug-likeness (QED) is 0.609. The minimum Gasteiger partial charge on any atom is -0.246 e. The van der Waals surface area contributed by atoms with E-state index < -0.39 is 8.07 Å². The van der Waals surface area contributed by atoms with Crippen molar-refractivity contribution in [3.05, 3.63) is 40.1 Å². The van der Waals surface area contributed by atoms with Crippen LogP contribution < -0.4 is 9.82 Å². The Labute approximate surface area is 142 Å². The largest absolute Gasteiger partial charge is 0.246 e. The van der Waals surface area contributed by atoms with Crippen molar-refractivity contribution in [1.29, 1.82) is 0 Å². The SMILES string of the molecule is Cc1ccc2nc([Si](C)(C)c3csc(C(C)(C)C)c3)sc2c1. The lowest BCUT2D eigenvalue weighted by molar-refractivity contribution is 0.604. The second-order valence-electron chi connectivity index (χ2n) is 7.56. The zero-order valence-corrected chi connectivity index (χ0v) is 16.8. The molecule has 0 bridgehead atoms. The summed E-state index contributed by atoms with van der Waals surface area (Å²) in [7, 11) is -1.70. The summed E-state index contributed by atoms with van der Waals surface area (Å²) in [5.41, 5.74) is 2.70. The number of fused-ring (bicyclic) bond motifs is 1. The molecule has 0 amide bonds. The van der Waals surface area contributed by atoms with Crippen LogP contribution in [-0.2, 0) is 5.41 Å². The average molecular weight is 346 g/mol. The topological polar surface area (TPSA) is 12.9 Å². The van der Waals surface area contributed by atoms with Crippen LogP contribution in [0.4, 0.5) is 0 Å². The molecule has 22 heavy (non-hydrogen) atoms. The van der Waals surface area contributed by atoms with Crippen LogP contribution in [0.2, 0.25) is 13.1 Å². The first-order chi connectivity index (χ1) is 10.2. The fourth-order valence-electron chi connectivity index (χ4n) is 2.48. The van der Waals surface area contributed by atoms with Crippen LogP contribution in [0, 0.1) is 6.92 Å². The summed E-state index contributed by atoms with van der Waals surface area (Å²) in [6.45, 7) is 13.9. The number of aromatic nitrogens is 1. The minimum absolute atomic E-state index is 0.234. The summed E-state index contributed by atoms with van der Waals surface area (Å²) in [4.78, 5) is 6.43. The van der Waals surface area contributed by atoms with Gasteiger partial charge in [-0.15, -0.1) is 22.7 Å². The van der Waals surface area contributed by atoms with Crippen molar-refractivity contribution in [3.8, 4) is 0 Å². The Morgan fingerprint density at radius 1 is 1.09 bits per heavy atom. The standard InChI is InChI=1S/C18H23NS2Si/c1-12-7-8-14-15(9-12)21-17(19-14)22(5,6)13-10-16(20-11-13)18(2,3)4/h7-11H,1-6H3. The molecule has 4 heteroatoms. The zero-order valence-electron chi connectivity index (χ0n) is 14.2. The Morgan fingerprint density at radius 3 is 2.45 bits per heavy atom. The van der Waals surface area contributed by atoms with Crippen LogP contribution in [0.25, 0.3) is 10.2 Å². The molecule has 116 valence electrons. The summed E-state index contributed by atoms with van der Waals surface area (Å²) in [6.07, 6.45) is 0. The number of rotatable bonds is 2. The van der Waals surface area contributed by atoms with E-state index in [1.54, 1.807) is 0 Å². The van der Waals surface area contributed by atoms with Crippen molar-refractivity contribution in [3.63, 3.8) is 0 Å². The number of hydrogen-bond acceptors (Lipinski definition) is 3. The Bertz CT molecular complexity index is 821. The summed E-state index contributed by atoms with van der Waals surface area (Å²) >= 11 is 3.78. The number of hydrogen-bond donors (Lipinski definition) is 0. The third kappa shape index (κ3) is 2.80. The highest BCUT2D eigenvalue weighted by Crippen LogP contribution is 2.27. The van der Waals surface area contributed by atoms with Crippen LogP contribution in [0.5, 0.6) is 0 Å². The lowest BCUT2D eigenvalue weighted by Gasteiger charge is -2.19. The maximum absolute atomic E-state index is 4.96. The predicted octanol–water partition coefficient (Wildman–Crippen LogP) is 4.79. The summed E-state index contributed by atoms with van der Waals surface area (Å²) in [6, 6.07) is 9.00. The molecule has 2 aromatic heterocycles. The van der Waals surface area contributed by atoms with Gasteiger partial charge in [0.2, 0.25) is 0 Å². The van der Waals surface area contributed by atoms with Gasteiger partial charge in [0.1, 0.15) is 8.07 Å². The fraction of sp³-hybridized carbons (Fsp3) is 0.389. The molecule has 0 aliphatic heterocycles. The van der Waals surface area contributed by atoms with E-state index in [0.29, 0.717) is 0 Å². The van der Waals surface area contributed by atoms with Crippen molar-refractivity contribution < 1.29 is 0 Å². The molecule has 3 rings (SSSR count). The monoisotopic (exact) mass is 345 g/mol. The highest BCUT2D eigenvalue weighted by molar-refractivity contribution is 7.33. The Balaban J connectivity index is 2.05. The molecule has 0 atom stereocenters. The molecule has 0 saturated carbocycles. The molecule has 0 fully saturated rings. The molecule has 0 unspecified atom stereocenters. The first-order valence-electron chi connectivity index (χ1n) is 7.65. The smallest absolute Gasteiger partial charge is 0.149 e. The van der Waals surface area contributed by atoms with Gasteiger partial charge in [-0.2, -0.15) is 0 Å². The van der Waals surface area contributed by atoms with Gasteiger partial charge in [0.05, 0.1) is 14.8 Å². The van der Waals surface area contributed by atoms with Crippen LogP contribution >= 0.6 is 22.7 Å². The predicted molar refractivity (Wildman–Crippen MR) is 104 cm³/mol. The van der Waals surface area contributed by atoms with Gasteiger partial charge in [0, 0.05) is 4.88 Å². The lowest BCUT2D eigenvalue weighted by atomic mass is 9.95. The molecule has 0 spiro atoms. The molecule has 1 nitrogen and oxygen atoms in total.